The van der Waals surface area contributed by atoms with Gasteiger partial charge in [0.2, 0.25) is 5.91 Å². The second-order valence-corrected chi connectivity index (χ2v) is 11.9. The fraction of sp³-hybridized carbons (Fsp3) is 0.270. The van der Waals surface area contributed by atoms with Gasteiger partial charge >= 0.3 is 6.09 Å². The number of nitrogens with one attached hydrogen (secondary N) is 2. The molecule has 2 unspecified atom stereocenters. The third-order valence-electron chi connectivity index (χ3n) is 7.15. The number of phenols is 1. The van der Waals surface area contributed by atoms with Crippen LogP contribution in [0, 0.1) is 0 Å². The van der Waals surface area contributed by atoms with Crippen molar-refractivity contribution in [1.29, 1.82) is 0 Å². The highest BCUT2D eigenvalue weighted by molar-refractivity contribution is 6.00. The van der Waals surface area contributed by atoms with Crippen LogP contribution in [0.1, 0.15) is 56.8 Å². The lowest BCUT2D eigenvalue weighted by Crippen LogP contribution is -2.53. The number of phenolic OH excluding ortho intramolecular Hbond substituents is 1. The second-order valence-electron chi connectivity index (χ2n) is 11.9. The summed E-state index contributed by atoms with van der Waals surface area (Å²) in [6.45, 7) is 11.3. The molecule has 4 aromatic carbocycles. The predicted octanol–water partition coefficient (Wildman–Crippen LogP) is 7.24. The number of fused-ring (bicyclic) bond motifs is 1. The lowest BCUT2D eigenvalue weighted by atomic mass is 9.98. The van der Waals surface area contributed by atoms with Crippen molar-refractivity contribution in [1.82, 2.24) is 10.2 Å². The third kappa shape index (κ3) is 8.95. The Hall–Kier alpha value is -5.11. The maximum Gasteiger partial charge on any atom is 0.408 e. The molecule has 8 heteroatoms. The van der Waals surface area contributed by atoms with Crippen LogP contribution in [0.15, 0.2) is 97.6 Å². The molecule has 0 heterocycles. The summed E-state index contributed by atoms with van der Waals surface area (Å²) in [5.41, 5.74) is 1.93. The number of ether oxygens (including phenoxy) is 1. The van der Waals surface area contributed by atoms with E-state index < -0.39 is 35.6 Å². The van der Waals surface area contributed by atoms with Crippen molar-refractivity contribution in [3.05, 3.63) is 114 Å². The summed E-state index contributed by atoms with van der Waals surface area (Å²) in [6, 6.07) is 25.2. The molecule has 0 aromatic heterocycles. The van der Waals surface area contributed by atoms with Crippen molar-refractivity contribution in [2.75, 3.05) is 11.9 Å². The van der Waals surface area contributed by atoms with Crippen molar-refractivity contribution >= 4 is 40.4 Å². The summed E-state index contributed by atoms with van der Waals surface area (Å²) < 4.78 is 5.50. The second kappa shape index (κ2) is 14.6. The zero-order valence-corrected chi connectivity index (χ0v) is 26.2. The molecular formula is C37H41N3O5. The van der Waals surface area contributed by atoms with Crippen LogP contribution in [0.3, 0.4) is 0 Å². The van der Waals surface area contributed by atoms with Gasteiger partial charge in [0, 0.05) is 18.7 Å². The van der Waals surface area contributed by atoms with Gasteiger partial charge in [0.25, 0.3) is 5.91 Å². The quantitative estimate of drug-likeness (QED) is 0.167. The summed E-state index contributed by atoms with van der Waals surface area (Å²) in [6.07, 6.45) is 1.61. The van der Waals surface area contributed by atoms with Gasteiger partial charge in [-0.05, 0) is 85.0 Å². The van der Waals surface area contributed by atoms with E-state index in [1.807, 2.05) is 73.7 Å². The van der Waals surface area contributed by atoms with Gasteiger partial charge in [-0.2, -0.15) is 0 Å². The van der Waals surface area contributed by atoms with Crippen LogP contribution in [0.5, 0.6) is 5.75 Å². The average Bonchev–Trinajstić information content (AvgIpc) is 3.00. The molecule has 0 saturated carbocycles. The van der Waals surface area contributed by atoms with Crippen molar-refractivity contribution in [3.63, 3.8) is 0 Å². The van der Waals surface area contributed by atoms with Crippen molar-refractivity contribution in [2.24, 2.45) is 0 Å². The van der Waals surface area contributed by atoms with Gasteiger partial charge in [-0.3, -0.25) is 9.59 Å². The molecule has 0 bridgehead atoms. The minimum absolute atomic E-state index is 0.0851. The number of hydrogen-bond donors (Lipinski definition) is 3. The zero-order chi connectivity index (χ0) is 32.6. The fourth-order valence-electron chi connectivity index (χ4n) is 5.13. The first-order valence-corrected chi connectivity index (χ1v) is 15.1. The number of benzene rings is 4. The molecule has 4 aromatic rings. The van der Waals surface area contributed by atoms with Crippen LogP contribution in [0.2, 0.25) is 0 Å². The molecule has 4 rings (SSSR count). The summed E-state index contributed by atoms with van der Waals surface area (Å²) in [4.78, 5) is 43.2. The number of carbonyl (C=O) groups excluding carboxylic acids is 3. The fourth-order valence-corrected chi connectivity index (χ4v) is 5.13. The van der Waals surface area contributed by atoms with E-state index in [1.54, 1.807) is 39.0 Å². The van der Waals surface area contributed by atoms with Gasteiger partial charge < -0.3 is 25.4 Å². The molecule has 0 fully saturated rings. The third-order valence-corrected chi connectivity index (χ3v) is 7.15. The molecule has 0 aliphatic carbocycles. The van der Waals surface area contributed by atoms with E-state index in [-0.39, 0.29) is 18.7 Å². The van der Waals surface area contributed by atoms with Crippen LogP contribution >= 0.6 is 0 Å². The van der Waals surface area contributed by atoms with Gasteiger partial charge in [0.05, 0.1) is 0 Å². The summed E-state index contributed by atoms with van der Waals surface area (Å²) in [7, 11) is 0. The molecule has 8 nitrogen and oxygen atoms in total. The van der Waals surface area contributed by atoms with Crippen LogP contribution in [-0.4, -0.2) is 46.1 Å². The van der Waals surface area contributed by atoms with Crippen LogP contribution in [0.4, 0.5) is 10.5 Å². The topological polar surface area (TPSA) is 108 Å². The van der Waals surface area contributed by atoms with Crippen molar-refractivity contribution in [2.45, 2.75) is 58.2 Å². The van der Waals surface area contributed by atoms with E-state index in [0.717, 1.165) is 16.3 Å². The number of hydrogen-bond acceptors (Lipinski definition) is 5. The first-order valence-electron chi connectivity index (χ1n) is 15.1. The molecule has 0 aliphatic heterocycles. The molecule has 2 atom stereocenters. The van der Waals surface area contributed by atoms with E-state index in [1.165, 1.54) is 17.0 Å². The lowest BCUT2D eigenvalue weighted by Gasteiger charge is -2.34. The average molecular weight is 608 g/mol. The monoisotopic (exact) mass is 607 g/mol. The van der Waals surface area contributed by atoms with E-state index in [9.17, 15) is 19.5 Å². The molecule has 45 heavy (non-hydrogen) atoms. The first-order chi connectivity index (χ1) is 21.5. The molecule has 3 amide bonds. The molecular weight excluding hydrogens is 566 g/mol. The normalized spacial score (nSPS) is 12.5. The highest BCUT2D eigenvalue weighted by atomic mass is 16.6. The first kappa shape index (κ1) is 32.8. The van der Waals surface area contributed by atoms with Gasteiger partial charge in [-0.15, -0.1) is 0 Å². The number of aromatic hydroxyl groups is 1. The standard InChI is InChI=1S/C37H41N3O5/c1-6-21-40(35(43)32(39-36(44)45-37(3,4)5)23-26-15-19-31(41)20-16-26)33(29-14-10-11-25(7-2)22-29)34(42)38-30-18-17-27-12-8-9-13-28(27)24-30/h7-20,22,24,32-33,41H,2,6,21,23H2,1,3-5H3,(H,38,42)(H,39,44). The van der Waals surface area contributed by atoms with Gasteiger partial charge in [-0.25, -0.2) is 4.79 Å². The van der Waals surface area contributed by atoms with E-state index in [0.29, 0.717) is 23.2 Å². The lowest BCUT2D eigenvalue weighted by molar-refractivity contribution is -0.140. The molecule has 0 saturated heterocycles. The molecule has 0 spiro atoms. The minimum Gasteiger partial charge on any atom is -0.508 e. The van der Waals surface area contributed by atoms with E-state index >= 15 is 0 Å². The highest BCUT2D eigenvalue weighted by Crippen LogP contribution is 2.28. The maximum absolute atomic E-state index is 14.5. The molecule has 0 aliphatic rings. The summed E-state index contributed by atoms with van der Waals surface area (Å²) in [5, 5.41) is 17.6. The number of carbonyl (C=O) groups is 3. The van der Waals surface area contributed by atoms with Gasteiger partial charge in [0.15, 0.2) is 0 Å². The Kier molecular flexibility index (Phi) is 10.6. The Labute approximate surface area is 264 Å². The Morgan fingerprint density at radius 1 is 0.933 bits per heavy atom. The number of alkyl carbamates (subject to hydrolysis) is 1. The Balaban J connectivity index is 1.74. The molecule has 234 valence electrons. The van der Waals surface area contributed by atoms with Crippen LogP contribution < -0.4 is 10.6 Å². The van der Waals surface area contributed by atoms with Gasteiger partial charge in [-0.1, -0.05) is 80.2 Å². The van der Waals surface area contributed by atoms with Gasteiger partial charge in [0.1, 0.15) is 23.4 Å². The SMILES string of the molecule is C=Cc1cccc(C(C(=O)Nc2ccc3ccccc3c2)N(CCC)C(=O)C(Cc2ccc(O)cc2)NC(=O)OC(C)(C)C)c1. The summed E-state index contributed by atoms with van der Waals surface area (Å²) in [5.74, 6) is -0.755. The van der Waals surface area contributed by atoms with Crippen LogP contribution in [0.25, 0.3) is 16.8 Å². The minimum atomic E-state index is -1.06. The number of anilines is 1. The Bertz CT molecular complexity index is 1660. The molecule has 0 radical (unpaired) electrons. The van der Waals surface area contributed by atoms with Crippen molar-refractivity contribution < 1.29 is 24.2 Å². The largest absolute Gasteiger partial charge is 0.508 e. The van der Waals surface area contributed by atoms with Crippen molar-refractivity contribution in [3.8, 4) is 5.75 Å². The Morgan fingerprint density at radius 2 is 1.64 bits per heavy atom. The van der Waals surface area contributed by atoms with E-state index in [2.05, 4.69) is 17.2 Å². The number of amides is 3. The van der Waals surface area contributed by atoms with E-state index in [4.69, 9.17) is 4.74 Å². The Morgan fingerprint density at radius 3 is 2.31 bits per heavy atom. The number of rotatable bonds is 11. The predicted molar refractivity (Wildman–Crippen MR) is 179 cm³/mol. The smallest absolute Gasteiger partial charge is 0.408 e. The molecule has 3 N–H and O–H groups in total. The zero-order valence-electron chi connectivity index (χ0n) is 26.2. The number of nitrogens with zero attached hydrogens (tertiary/aromatic N) is 1. The highest BCUT2D eigenvalue weighted by Gasteiger charge is 2.36. The summed E-state index contributed by atoms with van der Waals surface area (Å²) >= 11 is 0. The van der Waals surface area contributed by atoms with Crippen LogP contribution in [-0.2, 0) is 20.7 Å². The maximum atomic E-state index is 14.5.